The lowest BCUT2D eigenvalue weighted by molar-refractivity contribution is -0.128. The van der Waals surface area contributed by atoms with E-state index in [0.29, 0.717) is 29.6 Å². The summed E-state index contributed by atoms with van der Waals surface area (Å²) in [6.07, 6.45) is 6.93. The van der Waals surface area contributed by atoms with Gasteiger partial charge in [-0.15, -0.1) is 0 Å². The molecular formula is C35H43N7O4. The number of pyridine rings is 2. The first-order valence-corrected chi connectivity index (χ1v) is 16.7. The summed E-state index contributed by atoms with van der Waals surface area (Å²) < 4.78 is 15.4. The topological polar surface area (TPSA) is 129 Å². The second-order valence-electron chi connectivity index (χ2n) is 14.1. The van der Waals surface area contributed by atoms with Crippen molar-refractivity contribution in [3.8, 4) is 17.3 Å². The Kier molecular flexibility index (Phi) is 6.91. The molecule has 4 aliphatic rings. The minimum absolute atomic E-state index is 0.000864. The smallest absolute Gasteiger partial charge is 0.254 e. The van der Waals surface area contributed by atoms with E-state index in [-0.39, 0.29) is 36.0 Å². The minimum Gasteiger partial charge on any atom is -0.482 e. The van der Waals surface area contributed by atoms with Crippen molar-refractivity contribution in [3.05, 3.63) is 47.3 Å². The standard InChI is InChI=1S/C35H43N7O4/c1-19(37-34(44)35(11-12-35)18-45-3)26-9-7-22-13-28(40(32(22)38-26)17-21-5-6-21)31-20(2)41-29(39-31)14-23(15-30(41)46-4)33(43)42-24-8-10-27(42)25(36)16-24/h7,9,13-15,19,21,24-25,27H,5-6,8,10-12,16-18,36H2,1-4H3,(H,37,44)/t19-,24+,25-,27-/m1/s1. The van der Waals surface area contributed by atoms with Crippen molar-refractivity contribution in [2.45, 2.75) is 89.5 Å². The Labute approximate surface area is 268 Å². The number of aryl methyl sites for hydroxylation is 1. The molecule has 11 nitrogen and oxygen atoms in total. The highest BCUT2D eigenvalue weighted by Gasteiger charge is 2.50. The van der Waals surface area contributed by atoms with Crippen LogP contribution in [-0.4, -0.2) is 74.6 Å². The molecule has 2 saturated heterocycles. The summed E-state index contributed by atoms with van der Waals surface area (Å²) in [7, 11) is 3.28. The van der Waals surface area contributed by atoms with Crippen molar-refractivity contribution >= 4 is 28.5 Å². The number of aromatic nitrogens is 4. The third-order valence-corrected chi connectivity index (χ3v) is 10.9. The molecule has 6 heterocycles. The summed E-state index contributed by atoms with van der Waals surface area (Å²) in [5, 5.41) is 4.21. The van der Waals surface area contributed by atoms with E-state index < -0.39 is 5.41 Å². The van der Waals surface area contributed by atoms with Crippen LogP contribution in [0.25, 0.3) is 28.1 Å². The highest BCUT2D eigenvalue weighted by molar-refractivity contribution is 5.97. The second-order valence-corrected chi connectivity index (χ2v) is 14.1. The minimum atomic E-state index is -0.403. The third-order valence-electron chi connectivity index (χ3n) is 10.9. The molecule has 2 bridgehead atoms. The summed E-state index contributed by atoms with van der Waals surface area (Å²) >= 11 is 0. The summed E-state index contributed by atoms with van der Waals surface area (Å²) in [5.41, 5.74) is 11.7. The molecule has 2 saturated carbocycles. The predicted octanol–water partition coefficient (Wildman–Crippen LogP) is 4.39. The average molecular weight is 626 g/mol. The number of ether oxygens (including phenoxy) is 2. The van der Waals surface area contributed by atoms with Crippen molar-refractivity contribution in [3.63, 3.8) is 0 Å². The van der Waals surface area contributed by atoms with Crippen LogP contribution in [0.15, 0.2) is 30.3 Å². The van der Waals surface area contributed by atoms with Crippen molar-refractivity contribution in [2.75, 3.05) is 20.8 Å². The molecule has 0 radical (unpaired) electrons. The molecule has 11 heteroatoms. The second kappa shape index (κ2) is 10.8. The van der Waals surface area contributed by atoms with Crippen LogP contribution in [0.5, 0.6) is 5.88 Å². The van der Waals surface area contributed by atoms with E-state index in [1.807, 2.05) is 41.3 Å². The van der Waals surface area contributed by atoms with Gasteiger partial charge in [0.15, 0.2) is 5.88 Å². The molecule has 8 rings (SSSR count). The largest absolute Gasteiger partial charge is 0.482 e. The normalized spacial score (nSPS) is 23.8. The van der Waals surface area contributed by atoms with E-state index in [4.69, 9.17) is 25.2 Å². The molecule has 4 aromatic rings. The number of amides is 2. The SMILES string of the molecule is COCC1(C(=O)N[C@H](C)c2ccc3cc(-c4nc5cc(C(=O)N6[C@H]7CC[C@@H]6[C@H](N)C7)cc(OC)n5c4C)n(CC4CC4)c3n2)CC1. The molecule has 4 aromatic heterocycles. The fraction of sp³-hybridized carbons (Fsp3) is 0.543. The zero-order valence-corrected chi connectivity index (χ0v) is 27.1. The summed E-state index contributed by atoms with van der Waals surface area (Å²) in [5.74, 6) is 1.20. The number of fused-ring (bicyclic) bond motifs is 4. The molecule has 2 amide bonds. The average Bonchev–Trinajstić information content (AvgIpc) is 3.90. The molecule has 0 spiro atoms. The van der Waals surface area contributed by atoms with Crippen LogP contribution in [0, 0.1) is 18.3 Å². The van der Waals surface area contributed by atoms with Gasteiger partial charge in [0, 0.05) is 48.8 Å². The molecule has 242 valence electrons. The third kappa shape index (κ3) is 4.69. The summed E-state index contributed by atoms with van der Waals surface area (Å²) in [6.45, 7) is 5.32. The van der Waals surface area contributed by atoms with Crippen LogP contribution in [-0.2, 0) is 16.1 Å². The highest BCUT2D eigenvalue weighted by atomic mass is 16.5. The number of imidazole rings is 1. The van der Waals surface area contributed by atoms with Gasteiger partial charge < -0.3 is 30.0 Å². The fourth-order valence-electron chi connectivity index (χ4n) is 7.90. The Balaban J connectivity index is 1.17. The molecule has 4 atom stereocenters. The zero-order valence-electron chi connectivity index (χ0n) is 27.1. The van der Waals surface area contributed by atoms with Crippen molar-refractivity contribution in [1.82, 2.24) is 29.2 Å². The number of hydrogen-bond donors (Lipinski definition) is 2. The van der Waals surface area contributed by atoms with E-state index in [1.54, 1.807) is 14.2 Å². The van der Waals surface area contributed by atoms with Crippen molar-refractivity contribution < 1.29 is 19.1 Å². The van der Waals surface area contributed by atoms with Gasteiger partial charge in [0.05, 0.1) is 42.3 Å². The van der Waals surface area contributed by atoms with Crippen LogP contribution in [0.4, 0.5) is 0 Å². The maximum Gasteiger partial charge on any atom is 0.254 e. The number of rotatable bonds is 10. The van der Waals surface area contributed by atoms with Gasteiger partial charge in [0.2, 0.25) is 5.91 Å². The monoisotopic (exact) mass is 625 g/mol. The Morgan fingerprint density at radius 3 is 2.57 bits per heavy atom. The number of nitrogens with zero attached hydrogens (tertiary/aromatic N) is 5. The van der Waals surface area contributed by atoms with Gasteiger partial charge in [0.25, 0.3) is 5.91 Å². The highest BCUT2D eigenvalue weighted by Crippen LogP contribution is 2.46. The quantitative estimate of drug-likeness (QED) is 0.268. The molecule has 3 N–H and O–H groups in total. The van der Waals surface area contributed by atoms with Gasteiger partial charge in [-0.25, -0.2) is 9.97 Å². The number of carbonyl (C=O) groups is 2. The Hall–Kier alpha value is -3.96. The lowest BCUT2D eigenvalue weighted by Gasteiger charge is -2.23. The first-order valence-electron chi connectivity index (χ1n) is 16.7. The van der Waals surface area contributed by atoms with Gasteiger partial charge in [-0.2, -0.15) is 0 Å². The maximum absolute atomic E-state index is 13.8. The van der Waals surface area contributed by atoms with Crippen LogP contribution in [0.2, 0.25) is 0 Å². The molecule has 2 aliphatic heterocycles. The van der Waals surface area contributed by atoms with Crippen molar-refractivity contribution in [1.29, 1.82) is 0 Å². The lowest BCUT2D eigenvalue weighted by Crippen LogP contribution is -2.40. The fourth-order valence-corrected chi connectivity index (χ4v) is 7.90. The first kappa shape index (κ1) is 29.4. The first-order chi connectivity index (χ1) is 22.2. The van der Waals surface area contributed by atoms with Crippen molar-refractivity contribution in [2.24, 2.45) is 17.1 Å². The van der Waals surface area contributed by atoms with Gasteiger partial charge in [-0.05, 0) is 89.0 Å². The number of carbonyl (C=O) groups excluding carboxylic acids is 2. The van der Waals surface area contributed by atoms with Gasteiger partial charge in [-0.1, -0.05) is 0 Å². The van der Waals surface area contributed by atoms with Gasteiger partial charge in [-0.3, -0.25) is 14.0 Å². The van der Waals surface area contributed by atoms with Gasteiger partial charge >= 0.3 is 0 Å². The molecule has 0 unspecified atom stereocenters. The molecule has 46 heavy (non-hydrogen) atoms. The van der Waals surface area contributed by atoms with Crippen LogP contribution in [0.1, 0.15) is 79.7 Å². The Bertz CT molecular complexity index is 1870. The van der Waals surface area contributed by atoms with Gasteiger partial charge in [0.1, 0.15) is 17.0 Å². The van der Waals surface area contributed by atoms with Crippen LogP contribution >= 0.6 is 0 Å². The van der Waals surface area contributed by atoms with E-state index in [1.165, 1.54) is 12.8 Å². The summed E-state index contributed by atoms with van der Waals surface area (Å²) in [4.78, 5) is 39.1. The van der Waals surface area contributed by atoms with E-state index >= 15 is 0 Å². The van der Waals surface area contributed by atoms with E-state index in [9.17, 15) is 9.59 Å². The number of hydrogen-bond acceptors (Lipinski definition) is 7. The van der Waals surface area contributed by atoms with Crippen LogP contribution < -0.4 is 15.8 Å². The lowest BCUT2D eigenvalue weighted by atomic mass is 9.97. The molecule has 0 aromatic carbocycles. The Morgan fingerprint density at radius 2 is 1.91 bits per heavy atom. The number of nitrogens with two attached hydrogens (primary N) is 1. The van der Waals surface area contributed by atoms with E-state index in [0.717, 1.165) is 72.5 Å². The Morgan fingerprint density at radius 1 is 1.11 bits per heavy atom. The molecule has 2 aliphatic carbocycles. The van der Waals surface area contributed by atoms with E-state index in [2.05, 4.69) is 22.0 Å². The number of methoxy groups -OCH3 is 2. The molecular weight excluding hydrogens is 582 g/mol. The zero-order chi connectivity index (χ0) is 31.9. The summed E-state index contributed by atoms with van der Waals surface area (Å²) in [6, 6.07) is 10.1. The number of nitrogens with one attached hydrogen (secondary N) is 1. The molecule has 4 fully saturated rings. The maximum atomic E-state index is 13.8. The predicted molar refractivity (Wildman–Crippen MR) is 174 cm³/mol. The van der Waals surface area contributed by atoms with Crippen LogP contribution in [0.3, 0.4) is 0 Å².